The number of nitrogens with zero attached hydrogens (tertiary/aromatic N) is 2. The molecule has 1 fully saturated rings. The number of aliphatic hydroxyl groups excluding tert-OH is 1. The molecule has 1 aliphatic heterocycles. The van der Waals surface area contributed by atoms with Gasteiger partial charge in [-0.3, -0.25) is 4.79 Å². The first-order chi connectivity index (χ1) is 8.93. The summed E-state index contributed by atoms with van der Waals surface area (Å²) in [7, 11) is 0. The minimum absolute atomic E-state index is 0.146. The lowest BCUT2D eigenvalue weighted by Crippen LogP contribution is -2.53. The van der Waals surface area contributed by atoms with Gasteiger partial charge < -0.3 is 24.7 Å². The fourth-order valence-electron chi connectivity index (χ4n) is 2.02. The Morgan fingerprint density at radius 2 is 2.16 bits per heavy atom. The van der Waals surface area contributed by atoms with E-state index < -0.39 is 5.97 Å². The highest BCUT2D eigenvalue weighted by atomic mass is 16.5. The molecule has 0 aromatic heterocycles. The summed E-state index contributed by atoms with van der Waals surface area (Å²) in [5.41, 5.74) is 0. The fraction of sp³-hybridized carbons (Fsp3) is 0.833. The molecular weight excluding hydrogens is 252 g/mol. The van der Waals surface area contributed by atoms with Gasteiger partial charge in [-0.25, -0.2) is 4.79 Å². The summed E-state index contributed by atoms with van der Waals surface area (Å²) in [6.07, 6.45) is -0.386. The normalized spacial score (nSPS) is 19.6. The van der Waals surface area contributed by atoms with E-state index >= 15 is 0 Å². The van der Waals surface area contributed by atoms with E-state index in [0.717, 1.165) is 0 Å². The summed E-state index contributed by atoms with van der Waals surface area (Å²) in [5.74, 6) is -0.834. The van der Waals surface area contributed by atoms with Crippen molar-refractivity contribution in [2.45, 2.75) is 20.0 Å². The van der Waals surface area contributed by atoms with Crippen LogP contribution in [0.25, 0.3) is 0 Å². The first kappa shape index (κ1) is 15.7. The molecule has 7 heteroatoms. The average Bonchev–Trinajstić information content (AvgIpc) is 2.36. The molecule has 7 nitrogen and oxygen atoms in total. The number of urea groups is 1. The van der Waals surface area contributed by atoms with Gasteiger partial charge in [0.25, 0.3) is 0 Å². The second-order valence-electron chi connectivity index (χ2n) is 5.07. The van der Waals surface area contributed by atoms with Gasteiger partial charge in [0, 0.05) is 13.1 Å². The van der Waals surface area contributed by atoms with Gasteiger partial charge in [0.2, 0.25) is 0 Å². The van der Waals surface area contributed by atoms with E-state index in [0.29, 0.717) is 26.2 Å². The third-order valence-electron chi connectivity index (χ3n) is 2.80. The monoisotopic (exact) mass is 274 g/mol. The van der Waals surface area contributed by atoms with Gasteiger partial charge in [-0.2, -0.15) is 0 Å². The number of carboxylic acids is 1. The van der Waals surface area contributed by atoms with Crippen LogP contribution in [-0.4, -0.2) is 77.5 Å². The Kier molecular flexibility index (Phi) is 6.04. The summed E-state index contributed by atoms with van der Waals surface area (Å²) >= 11 is 0. The zero-order valence-corrected chi connectivity index (χ0v) is 11.4. The molecule has 1 saturated heterocycles. The Balaban J connectivity index is 2.66. The smallest absolute Gasteiger partial charge is 0.323 e. The van der Waals surface area contributed by atoms with E-state index in [1.54, 1.807) is 0 Å². The number of morpholine rings is 1. The number of hydrogen-bond donors (Lipinski definition) is 2. The van der Waals surface area contributed by atoms with Gasteiger partial charge in [0.1, 0.15) is 6.54 Å². The number of rotatable bonds is 5. The lowest BCUT2D eigenvalue weighted by Gasteiger charge is -2.36. The number of hydrogen-bond acceptors (Lipinski definition) is 4. The summed E-state index contributed by atoms with van der Waals surface area (Å²) < 4.78 is 5.27. The van der Waals surface area contributed by atoms with Crippen molar-refractivity contribution in [2.24, 2.45) is 5.92 Å². The van der Waals surface area contributed by atoms with E-state index in [2.05, 4.69) is 0 Å². The lowest BCUT2D eigenvalue weighted by molar-refractivity contribution is -0.138. The molecule has 110 valence electrons. The first-order valence-electron chi connectivity index (χ1n) is 6.42. The van der Waals surface area contributed by atoms with Crippen molar-refractivity contribution in [3.05, 3.63) is 0 Å². The first-order valence-corrected chi connectivity index (χ1v) is 6.42. The second-order valence-corrected chi connectivity index (χ2v) is 5.07. The van der Waals surface area contributed by atoms with Crippen molar-refractivity contribution in [3.63, 3.8) is 0 Å². The highest BCUT2D eigenvalue weighted by Gasteiger charge is 2.28. The number of aliphatic hydroxyl groups is 1. The topological polar surface area (TPSA) is 90.3 Å². The Hall–Kier alpha value is -1.34. The van der Waals surface area contributed by atoms with Crippen molar-refractivity contribution >= 4 is 12.0 Å². The average molecular weight is 274 g/mol. The molecule has 1 unspecified atom stereocenters. The standard InChI is InChI=1S/C12H22N2O5/c1-9(2)5-14(7-11(16)17)12(18)13-3-4-19-10(6-13)8-15/h9-10,15H,3-8H2,1-2H3,(H,16,17). The predicted molar refractivity (Wildman–Crippen MR) is 67.8 cm³/mol. The Labute approximate surface area is 112 Å². The lowest BCUT2D eigenvalue weighted by atomic mass is 10.2. The number of carbonyl (C=O) groups excluding carboxylic acids is 1. The fourth-order valence-corrected chi connectivity index (χ4v) is 2.02. The quantitative estimate of drug-likeness (QED) is 0.727. The molecule has 1 aliphatic rings. The summed E-state index contributed by atoms with van der Waals surface area (Å²) in [4.78, 5) is 26.0. The second kappa shape index (κ2) is 7.30. The number of amides is 2. The molecule has 0 aromatic carbocycles. The van der Waals surface area contributed by atoms with E-state index in [1.165, 1.54) is 9.80 Å². The summed E-state index contributed by atoms with van der Waals surface area (Å²) in [5, 5.41) is 17.9. The van der Waals surface area contributed by atoms with Crippen molar-refractivity contribution in [2.75, 3.05) is 39.4 Å². The molecule has 1 atom stereocenters. The van der Waals surface area contributed by atoms with Crippen LogP contribution in [0.1, 0.15) is 13.8 Å². The van der Waals surface area contributed by atoms with Crippen LogP contribution in [0.15, 0.2) is 0 Å². The van der Waals surface area contributed by atoms with Crippen LogP contribution >= 0.6 is 0 Å². The molecule has 0 aromatic rings. The highest BCUT2D eigenvalue weighted by molar-refractivity contribution is 5.80. The van der Waals surface area contributed by atoms with Gasteiger partial charge in [0.05, 0.1) is 25.9 Å². The van der Waals surface area contributed by atoms with Crippen LogP contribution in [0.4, 0.5) is 4.79 Å². The van der Waals surface area contributed by atoms with Crippen LogP contribution in [0.2, 0.25) is 0 Å². The van der Waals surface area contributed by atoms with E-state index in [9.17, 15) is 9.59 Å². The molecule has 0 radical (unpaired) electrons. The molecule has 19 heavy (non-hydrogen) atoms. The minimum atomic E-state index is -1.03. The van der Waals surface area contributed by atoms with Gasteiger partial charge in [-0.05, 0) is 5.92 Å². The van der Waals surface area contributed by atoms with Gasteiger partial charge in [0.15, 0.2) is 0 Å². The van der Waals surface area contributed by atoms with Crippen LogP contribution in [0.3, 0.4) is 0 Å². The van der Waals surface area contributed by atoms with E-state index in [-0.39, 0.29) is 31.2 Å². The molecule has 0 aliphatic carbocycles. The van der Waals surface area contributed by atoms with Crippen LogP contribution in [0.5, 0.6) is 0 Å². The molecular formula is C12H22N2O5. The molecule has 2 N–H and O–H groups in total. The molecule has 0 bridgehead atoms. The maximum atomic E-state index is 12.3. The van der Waals surface area contributed by atoms with Gasteiger partial charge in [-0.1, -0.05) is 13.8 Å². The predicted octanol–water partition coefficient (Wildman–Crippen LogP) is -0.158. The van der Waals surface area contributed by atoms with E-state index in [4.69, 9.17) is 14.9 Å². The highest BCUT2D eigenvalue weighted by Crippen LogP contribution is 2.10. The maximum absolute atomic E-state index is 12.3. The van der Waals surface area contributed by atoms with Crippen molar-refractivity contribution < 1.29 is 24.5 Å². The number of aliphatic carboxylic acids is 1. The molecule has 0 spiro atoms. The van der Waals surface area contributed by atoms with Gasteiger partial charge in [-0.15, -0.1) is 0 Å². The van der Waals surface area contributed by atoms with Crippen LogP contribution < -0.4 is 0 Å². The SMILES string of the molecule is CC(C)CN(CC(=O)O)C(=O)N1CCOC(CO)C1. The zero-order valence-electron chi connectivity index (χ0n) is 11.4. The maximum Gasteiger partial charge on any atom is 0.323 e. The third kappa shape index (κ3) is 5.04. The van der Waals surface area contributed by atoms with E-state index in [1.807, 2.05) is 13.8 Å². The van der Waals surface area contributed by atoms with Crippen LogP contribution in [0, 0.1) is 5.92 Å². The van der Waals surface area contributed by atoms with Crippen molar-refractivity contribution in [1.29, 1.82) is 0 Å². The molecule has 1 heterocycles. The molecule has 0 saturated carbocycles. The number of ether oxygens (including phenoxy) is 1. The zero-order chi connectivity index (χ0) is 14.4. The third-order valence-corrected chi connectivity index (χ3v) is 2.80. The number of carbonyl (C=O) groups is 2. The Morgan fingerprint density at radius 3 is 2.68 bits per heavy atom. The largest absolute Gasteiger partial charge is 0.480 e. The minimum Gasteiger partial charge on any atom is -0.480 e. The van der Waals surface area contributed by atoms with Crippen molar-refractivity contribution in [1.82, 2.24) is 9.80 Å². The molecule has 2 amide bonds. The van der Waals surface area contributed by atoms with Gasteiger partial charge >= 0.3 is 12.0 Å². The summed E-state index contributed by atoms with van der Waals surface area (Å²) in [6.45, 7) is 4.87. The van der Waals surface area contributed by atoms with Crippen LogP contribution in [-0.2, 0) is 9.53 Å². The Bertz CT molecular complexity index is 321. The number of carboxylic acid groups (broad SMARTS) is 1. The molecule has 1 rings (SSSR count). The Morgan fingerprint density at radius 1 is 1.47 bits per heavy atom. The summed E-state index contributed by atoms with van der Waals surface area (Å²) in [6, 6.07) is -0.308. The van der Waals surface area contributed by atoms with Crippen molar-refractivity contribution in [3.8, 4) is 0 Å².